The van der Waals surface area contributed by atoms with Gasteiger partial charge in [0, 0.05) is 18.7 Å². The molecule has 1 unspecified atom stereocenters. The summed E-state index contributed by atoms with van der Waals surface area (Å²) in [6, 6.07) is 17.2. The number of carbonyl (C=O) groups excluding carboxylic acids is 2. The summed E-state index contributed by atoms with van der Waals surface area (Å²) in [6.45, 7) is 4.75. The van der Waals surface area contributed by atoms with E-state index in [4.69, 9.17) is 4.74 Å². The number of ketones is 1. The molecule has 132 valence electrons. The third kappa shape index (κ3) is 6.51. The number of carbonyl (C=O) groups is 2. The van der Waals surface area contributed by atoms with Crippen LogP contribution < -0.4 is 5.32 Å². The first-order chi connectivity index (χ1) is 12.1. The average Bonchev–Trinajstić information content (AvgIpc) is 2.62. The minimum Gasteiger partial charge on any atom is -0.374 e. The molecule has 0 spiro atoms. The summed E-state index contributed by atoms with van der Waals surface area (Å²) in [7, 11) is 0. The van der Waals surface area contributed by atoms with Gasteiger partial charge in [0.1, 0.15) is 0 Å². The van der Waals surface area contributed by atoms with Crippen LogP contribution in [0.2, 0.25) is 0 Å². The normalized spacial score (nSPS) is 11.8. The molecule has 0 aliphatic rings. The van der Waals surface area contributed by atoms with Crippen LogP contribution in [0.15, 0.2) is 54.6 Å². The number of hydrogen-bond donors (Lipinski definition) is 1. The van der Waals surface area contributed by atoms with Crippen molar-refractivity contribution in [3.8, 4) is 0 Å². The molecule has 4 heteroatoms. The largest absolute Gasteiger partial charge is 0.374 e. The molecule has 2 aromatic carbocycles. The minimum absolute atomic E-state index is 0.0216. The summed E-state index contributed by atoms with van der Waals surface area (Å²) in [5.74, 6) is 0.00687. The van der Waals surface area contributed by atoms with Crippen LogP contribution >= 0.6 is 0 Å². The van der Waals surface area contributed by atoms with Crippen molar-refractivity contribution in [2.24, 2.45) is 0 Å². The first-order valence-electron chi connectivity index (χ1n) is 8.59. The molecule has 25 heavy (non-hydrogen) atoms. The molecule has 0 radical (unpaired) electrons. The highest BCUT2D eigenvalue weighted by Crippen LogP contribution is 2.15. The lowest BCUT2D eigenvalue weighted by Crippen LogP contribution is -2.26. The second-order valence-corrected chi connectivity index (χ2v) is 6.06. The Balaban J connectivity index is 1.63. The van der Waals surface area contributed by atoms with Gasteiger partial charge in [0.15, 0.2) is 5.78 Å². The molecule has 0 aliphatic carbocycles. The summed E-state index contributed by atoms with van der Waals surface area (Å²) in [5.41, 5.74) is 2.71. The maximum atomic E-state index is 11.9. The fraction of sp³-hybridized carbons (Fsp3) is 0.333. The molecule has 0 heterocycles. The molecular formula is C21H25NO3. The van der Waals surface area contributed by atoms with Crippen molar-refractivity contribution in [2.45, 2.75) is 32.8 Å². The number of amides is 1. The maximum Gasteiger partial charge on any atom is 0.224 e. The highest BCUT2D eigenvalue weighted by atomic mass is 16.5. The summed E-state index contributed by atoms with van der Waals surface area (Å²) in [5, 5.41) is 2.90. The molecule has 1 amide bonds. The highest BCUT2D eigenvalue weighted by molar-refractivity contribution is 5.94. The Morgan fingerprint density at radius 2 is 1.72 bits per heavy atom. The van der Waals surface area contributed by atoms with E-state index in [0.29, 0.717) is 25.1 Å². The molecule has 0 saturated carbocycles. The van der Waals surface area contributed by atoms with Crippen molar-refractivity contribution < 1.29 is 14.3 Å². The zero-order chi connectivity index (χ0) is 18.1. The van der Waals surface area contributed by atoms with Gasteiger partial charge < -0.3 is 10.1 Å². The SMILES string of the molecule is CC(=O)c1ccc(CC(=O)NCCCOC(C)c2ccccc2)cc1. The van der Waals surface area contributed by atoms with Gasteiger partial charge in [-0.1, -0.05) is 54.6 Å². The molecule has 1 atom stereocenters. The Morgan fingerprint density at radius 1 is 1.04 bits per heavy atom. The van der Waals surface area contributed by atoms with Crippen LogP contribution in [0, 0.1) is 0 Å². The van der Waals surface area contributed by atoms with Gasteiger partial charge in [-0.15, -0.1) is 0 Å². The number of benzene rings is 2. The van der Waals surface area contributed by atoms with Gasteiger partial charge in [0.25, 0.3) is 0 Å². The molecule has 1 N–H and O–H groups in total. The Bertz CT molecular complexity index is 680. The number of hydrogen-bond acceptors (Lipinski definition) is 3. The van der Waals surface area contributed by atoms with E-state index in [1.807, 2.05) is 49.4 Å². The molecule has 0 aliphatic heterocycles. The first-order valence-corrected chi connectivity index (χ1v) is 8.59. The standard InChI is InChI=1S/C21H25NO3/c1-16(23)19-11-9-18(10-12-19)15-21(24)22-13-6-14-25-17(2)20-7-4-3-5-8-20/h3-5,7-12,17H,6,13-15H2,1-2H3,(H,22,24). The summed E-state index contributed by atoms with van der Waals surface area (Å²) >= 11 is 0. The molecule has 0 bridgehead atoms. The summed E-state index contributed by atoms with van der Waals surface area (Å²) in [6.07, 6.45) is 1.14. The average molecular weight is 339 g/mol. The quantitative estimate of drug-likeness (QED) is 0.560. The van der Waals surface area contributed by atoms with E-state index in [2.05, 4.69) is 5.32 Å². The third-order valence-corrected chi connectivity index (χ3v) is 4.01. The maximum absolute atomic E-state index is 11.9. The van der Waals surface area contributed by atoms with Gasteiger partial charge in [-0.25, -0.2) is 0 Å². The Morgan fingerprint density at radius 3 is 2.36 bits per heavy atom. The van der Waals surface area contributed by atoms with Gasteiger partial charge in [-0.05, 0) is 31.4 Å². The molecular weight excluding hydrogens is 314 g/mol. The van der Waals surface area contributed by atoms with Crippen molar-refractivity contribution in [3.05, 3.63) is 71.3 Å². The Hall–Kier alpha value is -2.46. The van der Waals surface area contributed by atoms with Crippen LogP contribution in [0.4, 0.5) is 0 Å². The summed E-state index contributed by atoms with van der Waals surface area (Å²) < 4.78 is 5.78. The second-order valence-electron chi connectivity index (χ2n) is 6.06. The van der Waals surface area contributed by atoms with Gasteiger partial charge in [0.05, 0.1) is 12.5 Å². The van der Waals surface area contributed by atoms with Crippen molar-refractivity contribution in [3.63, 3.8) is 0 Å². The molecule has 2 rings (SSSR count). The fourth-order valence-corrected chi connectivity index (χ4v) is 2.49. The number of rotatable bonds is 9. The zero-order valence-corrected chi connectivity index (χ0v) is 14.8. The minimum atomic E-state index is -0.0216. The number of nitrogens with one attached hydrogen (secondary N) is 1. The third-order valence-electron chi connectivity index (χ3n) is 4.01. The van der Waals surface area contributed by atoms with Crippen molar-refractivity contribution in [1.82, 2.24) is 5.32 Å². The lowest BCUT2D eigenvalue weighted by Gasteiger charge is -2.13. The monoisotopic (exact) mass is 339 g/mol. The lowest BCUT2D eigenvalue weighted by molar-refractivity contribution is -0.120. The van der Waals surface area contributed by atoms with E-state index >= 15 is 0 Å². The van der Waals surface area contributed by atoms with E-state index in [1.165, 1.54) is 6.92 Å². The van der Waals surface area contributed by atoms with Gasteiger partial charge in [0.2, 0.25) is 5.91 Å². The molecule has 4 nitrogen and oxygen atoms in total. The van der Waals surface area contributed by atoms with Gasteiger partial charge >= 0.3 is 0 Å². The molecule has 0 fully saturated rings. The molecule has 2 aromatic rings. The Labute approximate surface area is 149 Å². The van der Waals surface area contributed by atoms with Gasteiger partial charge in [-0.3, -0.25) is 9.59 Å². The van der Waals surface area contributed by atoms with Crippen molar-refractivity contribution in [2.75, 3.05) is 13.2 Å². The number of Topliss-reactive ketones (excluding diaryl/α,β-unsaturated/α-hetero) is 1. The zero-order valence-electron chi connectivity index (χ0n) is 14.8. The topological polar surface area (TPSA) is 55.4 Å². The van der Waals surface area contributed by atoms with Gasteiger partial charge in [-0.2, -0.15) is 0 Å². The summed E-state index contributed by atoms with van der Waals surface area (Å²) in [4.78, 5) is 23.2. The van der Waals surface area contributed by atoms with Crippen LogP contribution in [-0.2, 0) is 16.0 Å². The molecule has 0 saturated heterocycles. The van der Waals surface area contributed by atoms with E-state index in [1.54, 1.807) is 12.1 Å². The van der Waals surface area contributed by atoms with E-state index in [9.17, 15) is 9.59 Å². The smallest absolute Gasteiger partial charge is 0.224 e. The lowest BCUT2D eigenvalue weighted by atomic mass is 10.1. The first kappa shape index (κ1) is 18.9. The fourth-order valence-electron chi connectivity index (χ4n) is 2.49. The van der Waals surface area contributed by atoms with E-state index in [-0.39, 0.29) is 17.8 Å². The van der Waals surface area contributed by atoms with E-state index in [0.717, 1.165) is 17.5 Å². The van der Waals surface area contributed by atoms with Crippen molar-refractivity contribution in [1.29, 1.82) is 0 Å². The van der Waals surface area contributed by atoms with E-state index < -0.39 is 0 Å². The predicted octanol–water partition coefficient (Wildman–Crippen LogP) is 3.72. The van der Waals surface area contributed by atoms with Crippen LogP contribution in [0.1, 0.15) is 47.9 Å². The number of ether oxygens (including phenoxy) is 1. The van der Waals surface area contributed by atoms with Crippen LogP contribution in [0.25, 0.3) is 0 Å². The van der Waals surface area contributed by atoms with Crippen LogP contribution in [0.3, 0.4) is 0 Å². The second kappa shape index (κ2) is 9.74. The Kier molecular flexibility index (Phi) is 7.36. The predicted molar refractivity (Wildman–Crippen MR) is 98.6 cm³/mol. The van der Waals surface area contributed by atoms with Crippen LogP contribution in [0.5, 0.6) is 0 Å². The molecule has 0 aromatic heterocycles. The highest BCUT2D eigenvalue weighted by Gasteiger charge is 2.06. The van der Waals surface area contributed by atoms with Crippen molar-refractivity contribution >= 4 is 11.7 Å². The van der Waals surface area contributed by atoms with Crippen LogP contribution in [-0.4, -0.2) is 24.8 Å².